The lowest BCUT2D eigenvalue weighted by atomic mass is 10.0. The second kappa shape index (κ2) is 7.30. The van der Waals surface area contributed by atoms with E-state index in [9.17, 15) is 9.90 Å². The van der Waals surface area contributed by atoms with Crippen molar-refractivity contribution in [2.24, 2.45) is 0 Å². The van der Waals surface area contributed by atoms with Crippen molar-refractivity contribution in [1.29, 1.82) is 0 Å². The van der Waals surface area contributed by atoms with Crippen LogP contribution in [0, 0.1) is 0 Å². The molecule has 0 unspecified atom stereocenters. The third kappa shape index (κ3) is 4.41. The Labute approximate surface area is 151 Å². The van der Waals surface area contributed by atoms with Crippen LogP contribution in [0.4, 0.5) is 0 Å². The van der Waals surface area contributed by atoms with Crippen LogP contribution in [0.3, 0.4) is 0 Å². The summed E-state index contributed by atoms with van der Waals surface area (Å²) in [5, 5.41) is 15.0. The van der Waals surface area contributed by atoms with Gasteiger partial charge >= 0.3 is 0 Å². The SMILES string of the molecule is C[C@@](O)(CNC(=O)CCc1cccc(Cl)c1)c1cc2ccccc2o1. The summed E-state index contributed by atoms with van der Waals surface area (Å²) in [6.07, 6.45) is 0.926. The second-order valence-electron chi connectivity index (χ2n) is 6.33. The third-order valence-corrected chi connectivity index (χ3v) is 4.35. The van der Waals surface area contributed by atoms with Gasteiger partial charge in [0.25, 0.3) is 0 Å². The molecule has 0 saturated carbocycles. The summed E-state index contributed by atoms with van der Waals surface area (Å²) < 4.78 is 5.69. The van der Waals surface area contributed by atoms with Crippen LogP contribution in [0.2, 0.25) is 5.02 Å². The highest BCUT2D eigenvalue weighted by Crippen LogP contribution is 2.27. The fraction of sp³-hybridized carbons (Fsp3) is 0.250. The predicted octanol–water partition coefficient (Wildman–Crippen LogP) is 4.04. The van der Waals surface area contributed by atoms with Crippen molar-refractivity contribution < 1.29 is 14.3 Å². The molecule has 0 spiro atoms. The number of carbonyl (C=O) groups excluding carboxylic acids is 1. The number of fused-ring (bicyclic) bond motifs is 1. The van der Waals surface area contributed by atoms with Gasteiger partial charge in [0, 0.05) is 16.8 Å². The van der Waals surface area contributed by atoms with Gasteiger partial charge in [0.1, 0.15) is 16.9 Å². The van der Waals surface area contributed by atoms with Gasteiger partial charge in [0.05, 0.1) is 6.54 Å². The van der Waals surface area contributed by atoms with Gasteiger partial charge in [-0.15, -0.1) is 0 Å². The van der Waals surface area contributed by atoms with E-state index in [2.05, 4.69) is 5.32 Å². The molecule has 2 N–H and O–H groups in total. The fourth-order valence-corrected chi connectivity index (χ4v) is 2.86. The van der Waals surface area contributed by atoms with Crippen LogP contribution in [0.1, 0.15) is 24.7 Å². The zero-order valence-corrected chi connectivity index (χ0v) is 14.7. The minimum absolute atomic E-state index is 0.0845. The van der Waals surface area contributed by atoms with Crippen molar-refractivity contribution >= 4 is 28.5 Å². The molecule has 0 aliphatic heterocycles. The number of para-hydroxylation sites is 1. The summed E-state index contributed by atoms with van der Waals surface area (Å²) in [7, 11) is 0. The highest BCUT2D eigenvalue weighted by Gasteiger charge is 2.28. The number of hydrogen-bond donors (Lipinski definition) is 2. The Kier molecular flexibility index (Phi) is 5.11. The molecule has 1 heterocycles. The van der Waals surface area contributed by atoms with Crippen LogP contribution < -0.4 is 5.32 Å². The van der Waals surface area contributed by atoms with Gasteiger partial charge in [-0.2, -0.15) is 0 Å². The summed E-state index contributed by atoms with van der Waals surface area (Å²) in [5.74, 6) is 0.306. The summed E-state index contributed by atoms with van der Waals surface area (Å²) in [6.45, 7) is 1.71. The molecule has 0 bridgehead atoms. The second-order valence-corrected chi connectivity index (χ2v) is 6.77. The zero-order chi connectivity index (χ0) is 17.9. The minimum atomic E-state index is -1.27. The smallest absolute Gasteiger partial charge is 0.220 e. The number of rotatable bonds is 6. The first-order valence-electron chi connectivity index (χ1n) is 8.17. The van der Waals surface area contributed by atoms with E-state index in [-0.39, 0.29) is 12.5 Å². The van der Waals surface area contributed by atoms with Crippen LogP contribution in [0.15, 0.2) is 59.0 Å². The van der Waals surface area contributed by atoms with Crippen molar-refractivity contribution in [3.05, 3.63) is 70.9 Å². The number of carbonyl (C=O) groups is 1. The summed E-state index contributed by atoms with van der Waals surface area (Å²) >= 11 is 5.94. The molecule has 1 aromatic heterocycles. The maximum absolute atomic E-state index is 12.1. The van der Waals surface area contributed by atoms with Crippen LogP contribution in [0.25, 0.3) is 11.0 Å². The molecule has 3 aromatic rings. The van der Waals surface area contributed by atoms with Crippen LogP contribution in [0.5, 0.6) is 0 Å². The molecule has 25 heavy (non-hydrogen) atoms. The molecule has 0 aliphatic carbocycles. The lowest BCUT2D eigenvalue weighted by Crippen LogP contribution is -2.38. The normalized spacial score (nSPS) is 13.6. The molecule has 0 fully saturated rings. The first-order chi connectivity index (χ1) is 11.9. The van der Waals surface area contributed by atoms with Crippen molar-refractivity contribution in [1.82, 2.24) is 5.32 Å². The molecule has 0 saturated heterocycles. The van der Waals surface area contributed by atoms with E-state index in [1.54, 1.807) is 19.1 Å². The van der Waals surface area contributed by atoms with Gasteiger partial charge in [-0.1, -0.05) is 41.9 Å². The van der Waals surface area contributed by atoms with Crippen molar-refractivity contribution in [3.63, 3.8) is 0 Å². The van der Waals surface area contributed by atoms with E-state index < -0.39 is 5.60 Å². The standard InChI is InChI=1S/C20H20ClNO3/c1-20(24,18-12-15-6-2-3-8-17(15)25-18)13-22-19(23)10-9-14-5-4-7-16(21)11-14/h2-8,11-12,24H,9-10,13H2,1H3,(H,22,23)/t20-/m1/s1. The van der Waals surface area contributed by atoms with Crippen molar-refractivity contribution in [3.8, 4) is 0 Å². The Hall–Kier alpha value is -2.30. The van der Waals surface area contributed by atoms with E-state index in [4.69, 9.17) is 16.0 Å². The predicted molar refractivity (Wildman–Crippen MR) is 98.6 cm³/mol. The number of hydrogen-bond acceptors (Lipinski definition) is 3. The van der Waals surface area contributed by atoms with Crippen molar-refractivity contribution in [2.75, 3.05) is 6.54 Å². The highest BCUT2D eigenvalue weighted by molar-refractivity contribution is 6.30. The molecule has 3 rings (SSSR count). The Balaban J connectivity index is 1.56. The van der Waals surface area contributed by atoms with Gasteiger partial charge in [0.15, 0.2) is 0 Å². The lowest BCUT2D eigenvalue weighted by Gasteiger charge is -2.21. The maximum atomic E-state index is 12.1. The van der Waals surface area contributed by atoms with Crippen LogP contribution >= 0.6 is 11.6 Å². The van der Waals surface area contributed by atoms with E-state index in [1.165, 1.54) is 0 Å². The molecule has 4 nitrogen and oxygen atoms in total. The van der Waals surface area contributed by atoms with Gasteiger partial charge in [-0.3, -0.25) is 4.79 Å². The number of aliphatic hydroxyl groups is 1. The summed E-state index contributed by atoms with van der Waals surface area (Å²) in [4.78, 5) is 12.1. The fourth-order valence-electron chi connectivity index (χ4n) is 2.64. The Morgan fingerprint density at radius 1 is 1.20 bits per heavy atom. The third-order valence-electron chi connectivity index (χ3n) is 4.12. The summed E-state index contributed by atoms with van der Waals surface area (Å²) in [6, 6.07) is 16.8. The Bertz CT molecular complexity index is 852. The minimum Gasteiger partial charge on any atom is -0.458 e. The maximum Gasteiger partial charge on any atom is 0.220 e. The van der Waals surface area contributed by atoms with Crippen LogP contribution in [-0.4, -0.2) is 17.6 Å². The average molecular weight is 358 g/mol. The molecule has 1 amide bonds. The monoisotopic (exact) mass is 357 g/mol. The molecule has 2 aromatic carbocycles. The first-order valence-corrected chi connectivity index (χ1v) is 8.54. The molecule has 0 radical (unpaired) electrons. The first kappa shape index (κ1) is 17.5. The highest BCUT2D eigenvalue weighted by atomic mass is 35.5. The van der Waals surface area contributed by atoms with Gasteiger partial charge in [0.2, 0.25) is 5.91 Å². The molecule has 1 atom stereocenters. The van der Waals surface area contributed by atoms with Gasteiger partial charge < -0.3 is 14.8 Å². The number of nitrogens with one attached hydrogen (secondary N) is 1. The number of aryl methyl sites for hydroxylation is 1. The van der Waals surface area contributed by atoms with E-state index in [1.807, 2.05) is 42.5 Å². The van der Waals surface area contributed by atoms with E-state index in [0.717, 1.165) is 10.9 Å². The molecule has 130 valence electrons. The molecular weight excluding hydrogens is 338 g/mol. The Morgan fingerprint density at radius 3 is 2.76 bits per heavy atom. The molecule has 5 heteroatoms. The zero-order valence-electron chi connectivity index (χ0n) is 14.0. The quantitative estimate of drug-likeness (QED) is 0.699. The Morgan fingerprint density at radius 2 is 2.00 bits per heavy atom. The molecular formula is C20H20ClNO3. The van der Waals surface area contributed by atoms with E-state index >= 15 is 0 Å². The van der Waals surface area contributed by atoms with Crippen LogP contribution in [-0.2, 0) is 16.8 Å². The van der Waals surface area contributed by atoms with Gasteiger partial charge in [-0.25, -0.2) is 0 Å². The average Bonchev–Trinajstić information content (AvgIpc) is 3.03. The van der Waals surface area contributed by atoms with E-state index in [0.29, 0.717) is 29.2 Å². The topological polar surface area (TPSA) is 62.5 Å². The van der Waals surface area contributed by atoms with Crippen molar-refractivity contribution in [2.45, 2.75) is 25.4 Å². The molecule has 0 aliphatic rings. The van der Waals surface area contributed by atoms with Gasteiger partial charge in [-0.05, 0) is 43.2 Å². The number of halogens is 1. The number of furan rings is 1. The number of benzene rings is 2. The lowest BCUT2D eigenvalue weighted by molar-refractivity contribution is -0.122. The largest absolute Gasteiger partial charge is 0.458 e. The summed E-state index contributed by atoms with van der Waals surface area (Å²) in [5.41, 5.74) is 0.446. The number of amides is 1.